The minimum absolute atomic E-state index is 0.00523. The Labute approximate surface area is 122 Å². The second-order valence-corrected chi connectivity index (χ2v) is 5.24. The van der Waals surface area contributed by atoms with E-state index < -0.39 is 5.60 Å². The van der Waals surface area contributed by atoms with Gasteiger partial charge in [0.25, 0.3) is 0 Å². The standard InChI is InChI=1S/C15H20BrFO2/c1-4-15(5-2,19-6-3)13(18)10-11-8-7-9-12(17)14(11)16/h7-9H,4-6,10H2,1-3H3. The summed E-state index contributed by atoms with van der Waals surface area (Å²) in [5.74, 6) is -0.342. The van der Waals surface area contributed by atoms with Crippen LogP contribution in [0, 0.1) is 5.82 Å². The van der Waals surface area contributed by atoms with Gasteiger partial charge in [0.15, 0.2) is 5.78 Å². The summed E-state index contributed by atoms with van der Waals surface area (Å²) in [6.45, 7) is 6.26. The number of hydrogen-bond donors (Lipinski definition) is 0. The minimum atomic E-state index is -0.749. The van der Waals surface area contributed by atoms with Crippen LogP contribution in [0.15, 0.2) is 22.7 Å². The average Bonchev–Trinajstić information content (AvgIpc) is 2.41. The zero-order valence-electron chi connectivity index (χ0n) is 11.6. The Kier molecular flexibility index (Phi) is 6.14. The Morgan fingerprint density at radius 1 is 1.32 bits per heavy atom. The first-order chi connectivity index (χ1) is 9.00. The molecule has 4 heteroatoms. The van der Waals surface area contributed by atoms with Gasteiger partial charge in [-0.25, -0.2) is 4.39 Å². The van der Waals surface area contributed by atoms with Crippen molar-refractivity contribution in [3.63, 3.8) is 0 Å². The maximum absolute atomic E-state index is 13.4. The highest BCUT2D eigenvalue weighted by Crippen LogP contribution is 2.27. The van der Waals surface area contributed by atoms with E-state index in [2.05, 4.69) is 15.9 Å². The topological polar surface area (TPSA) is 26.3 Å². The first-order valence-electron chi connectivity index (χ1n) is 6.60. The molecule has 0 unspecified atom stereocenters. The lowest BCUT2D eigenvalue weighted by Crippen LogP contribution is -2.41. The summed E-state index contributed by atoms with van der Waals surface area (Å²) < 4.78 is 19.5. The van der Waals surface area contributed by atoms with Crippen LogP contribution in [0.3, 0.4) is 0 Å². The predicted molar refractivity (Wildman–Crippen MR) is 77.8 cm³/mol. The first kappa shape index (κ1) is 16.3. The summed E-state index contributed by atoms with van der Waals surface area (Å²) in [7, 11) is 0. The van der Waals surface area contributed by atoms with Crippen LogP contribution in [0.2, 0.25) is 0 Å². The van der Waals surface area contributed by atoms with Crippen LogP contribution in [-0.4, -0.2) is 18.0 Å². The van der Waals surface area contributed by atoms with Gasteiger partial charge in [-0.15, -0.1) is 0 Å². The van der Waals surface area contributed by atoms with Crippen LogP contribution in [0.5, 0.6) is 0 Å². The van der Waals surface area contributed by atoms with Crippen molar-refractivity contribution in [3.05, 3.63) is 34.1 Å². The van der Waals surface area contributed by atoms with Crippen LogP contribution in [0.25, 0.3) is 0 Å². The number of halogens is 2. The number of benzene rings is 1. The van der Waals surface area contributed by atoms with Gasteiger partial charge < -0.3 is 4.74 Å². The largest absolute Gasteiger partial charge is 0.368 e. The normalized spacial score (nSPS) is 11.6. The lowest BCUT2D eigenvalue weighted by molar-refractivity contribution is -0.144. The Morgan fingerprint density at radius 2 is 1.95 bits per heavy atom. The second kappa shape index (κ2) is 7.15. The fraction of sp³-hybridized carbons (Fsp3) is 0.533. The third kappa shape index (κ3) is 3.63. The van der Waals surface area contributed by atoms with Crippen molar-refractivity contribution >= 4 is 21.7 Å². The SMILES string of the molecule is CCOC(CC)(CC)C(=O)Cc1cccc(F)c1Br. The highest BCUT2D eigenvalue weighted by molar-refractivity contribution is 9.10. The predicted octanol–water partition coefficient (Wildman–Crippen LogP) is 4.30. The summed E-state index contributed by atoms with van der Waals surface area (Å²) >= 11 is 3.19. The maximum Gasteiger partial charge on any atom is 0.168 e. The molecule has 0 aliphatic heterocycles. The van der Waals surface area contributed by atoms with Gasteiger partial charge in [-0.3, -0.25) is 4.79 Å². The summed E-state index contributed by atoms with van der Waals surface area (Å²) in [6.07, 6.45) is 1.44. The van der Waals surface area contributed by atoms with Crippen LogP contribution in [0.4, 0.5) is 4.39 Å². The molecule has 1 aromatic carbocycles. The van der Waals surface area contributed by atoms with E-state index in [0.717, 1.165) is 0 Å². The number of Topliss-reactive ketones (excluding diaryl/α,β-unsaturated/α-hetero) is 1. The molecule has 19 heavy (non-hydrogen) atoms. The van der Waals surface area contributed by atoms with Crippen LogP contribution < -0.4 is 0 Å². The third-order valence-corrected chi connectivity index (χ3v) is 4.34. The van der Waals surface area contributed by atoms with Gasteiger partial charge in [-0.2, -0.15) is 0 Å². The molecule has 0 saturated carbocycles. The van der Waals surface area contributed by atoms with Crippen LogP contribution in [-0.2, 0) is 16.0 Å². The van der Waals surface area contributed by atoms with Gasteiger partial charge in [0.2, 0.25) is 0 Å². The van der Waals surface area contributed by atoms with Crippen LogP contribution in [0.1, 0.15) is 39.2 Å². The molecule has 1 aromatic rings. The molecule has 1 rings (SSSR count). The molecule has 0 radical (unpaired) electrons. The van der Waals surface area contributed by atoms with E-state index in [4.69, 9.17) is 4.74 Å². The van der Waals surface area contributed by atoms with E-state index in [1.54, 1.807) is 12.1 Å². The molecular weight excluding hydrogens is 311 g/mol. The number of ketones is 1. The van der Waals surface area contributed by atoms with E-state index in [1.807, 2.05) is 20.8 Å². The van der Waals surface area contributed by atoms with E-state index in [9.17, 15) is 9.18 Å². The van der Waals surface area contributed by atoms with E-state index >= 15 is 0 Å². The van der Waals surface area contributed by atoms with Crippen molar-refractivity contribution in [1.29, 1.82) is 0 Å². The molecule has 0 atom stereocenters. The van der Waals surface area contributed by atoms with Crippen molar-refractivity contribution in [2.75, 3.05) is 6.61 Å². The number of hydrogen-bond acceptors (Lipinski definition) is 2. The Bertz CT molecular complexity index is 442. The quantitative estimate of drug-likeness (QED) is 0.745. The highest BCUT2D eigenvalue weighted by atomic mass is 79.9. The van der Waals surface area contributed by atoms with Crippen molar-refractivity contribution in [3.8, 4) is 0 Å². The Balaban J connectivity index is 2.97. The number of ether oxygens (including phenoxy) is 1. The summed E-state index contributed by atoms with van der Waals surface area (Å²) in [4.78, 5) is 12.5. The molecular formula is C15H20BrFO2. The first-order valence-corrected chi connectivity index (χ1v) is 7.40. The molecule has 0 spiro atoms. The molecule has 0 aliphatic rings. The van der Waals surface area contributed by atoms with Crippen molar-refractivity contribution in [2.24, 2.45) is 0 Å². The maximum atomic E-state index is 13.4. The number of carbonyl (C=O) groups is 1. The molecule has 0 fully saturated rings. The third-order valence-electron chi connectivity index (χ3n) is 3.45. The molecule has 0 N–H and O–H groups in total. The molecule has 0 amide bonds. The summed E-state index contributed by atoms with van der Waals surface area (Å²) in [5, 5.41) is 0. The van der Waals surface area contributed by atoms with Gasteiger partial charge in [0.05, 0.1) is 4.47 Å². The zero-order valence-corrected chi connectivity index (χ0v) is 13.2. The minimum Gasteiger partial charge on any atom is -0.368 e. The molecule has 0 saturated heterocycles. The summed E-state index contributed by atoms with van der Waals surface area (Å²) in [5.41, 5.74) is -0.0866. The van der Waals surface area contributed by atoms with Gasteiger partial charge in [-0.05, 0) is 47.3 Å². The second-order valence-electron chi connectivity index (χ2n) is 4.45. The molecule has 2 nitrogen and oxygen atoms in total. The lowest BCUT2D eigenvalue weighted by atomic mass is 9.88. The molecule has 0 bridgehead atoms. The van der Waals surface area contributed by atoms with Gasteiger partial charge in [0, 0.05) is 13.0 Å². The van der Waals surface area contributed by atoms with E-state index in [0.29, 0.717) is 29.5 Å². The van der Waals surface area contributed by atoms with Gasteiger partial charge >= 0.3 is 0 Å². The molecule has 0 aromatic heterocycles. The van der Waals surface area contributed by atoms with Crippen molar-refractivity contribution < 1.29 is 13.9 Å². The summed E-state index contributed by atoms with van der Waals surface area (Å²) in [6, 6.07) is 4.74. The van der Waals surface area contributed by atoms with Crippen molar-refractivity contribution in [2.45, 2.75) is 45.6 Å². The fourth-order valence-electron chi connectivity index (χ4n) is 2.22. The van der Waals surface area contributed by atoms with Gasteiger partial charge in [-0.1, -0.05) is 26.0 Å². The average molecular weight is 331 g/mol. The molecule has 106 valence electrons. The Hall–Kier alpha value is -0.740. The zero-order chi connectivity index (χ0) is 14.5. The van der Waals surface area contributed by atoms with Crippen LogP contribution >= 0.6 is 15.9 Å². The fourth-order valence-corrected chi connectivity index (χ4v) is 2.63. The Morgan fingerprint density at radius 3 is 2.47 bits per heavy atom. The number of rotatable bonds is 7. The monoisotopic (exact) mass is 330 g/mol. The lowest BCUT2D eigenvalue weighted by Gasteiger charge is -2.30. The smallest absolute Gasteiger partial charge is 0.168 e. The van der Waals surface area contributed by atoms with E-state index in [1.165, 1.54) is 6.07 Å². The highest BCUT2D eigenvalue weighted by Gasteiger charge is 2.35. The van der Waals surface area contributed by atoms with Gasteiger partial charge in [0.1, 0.15) is 11.4 Å². The van der Waals surface area contributed by atoms with Crippen molar-refractivity contribution in [1.82, 2.24) is 0 Å². The number of carbonyl (C=O) groups excluding carboxylic acids is 1. The van der Waals surface area contributed by atoms with E-state index in [-0.39, 0.29) is 18.0 Å². The molecule has 0 aliphatic carbocycles. The molecule has 0 heterocycles.